The maximum atomic E-state index is 14.8. The number of aliphatic hydroxyl groups is 1. The summed E-state index contributed by atoms with van der Waals surface area (Å²) < 4.78 is -0.865. The van der Waals surface area contributed by atoms with Crippen molar-refractivity contribution in [3.05, 3.63) is 90.5 Å². The van der Waals surface area contributed by atoms with E-state index in [-0.39, 0.29) is 41.0 Å². The van der Waals surface area contributed by atoms with Crippen LogP contribution < -0.4 is 4.90 Å². The van der Waals surface area contributed by atoms with Gasteiger partial charge in [0.25, 0.3) is 5.91 Å². The number of fused-ring (bicyclic) bond motifs is 1. The number of alkyl halides is 1. The van der Waals surface area contributed by atoms with E-state index in [0.717, 1.165) is 5.56 Å². The van der Waals surface area contributed by atoms with E-state index in [1.807, 2.05) is 30.3 Å². The number of amides is 3. The second-order valence-corrected chi connectivity index (χ2v) is 13.9. The molecule has 3 aliphatic rings. The first-order valence-electron chi connectivity index (χ1n) is 13.5. The van der Waals surface area contributed by atoms with Crippen molar-refractivity contribution in [1.29, 1.82) is 0 Å². The quantitative estimate of drug-likeness (QED) is 0.296. The molecule has 0 aromatic heterocycles. The monoisotopic (exact) mass is 657 g/mol. The van der Waals surface area contributed by atoms with Crippen LogP contribution in [0.5, 0.6) is 0 Å². The Bertz CT molecular complexity index is 1340. The summed E-state index contributed by atoms with van der Waals surface area (Å²) in [5.74, 6) is -2.03. The summed E-state index contributed by atoms with van der Waals surface area (Å²) in [5, 5.41) is 11.1. The third-order valence-corrected chi connectivity index (χ3v) is 11.9. The molecule has 3 heterocycles. The highest BCUT2D eigenvalue weighted by atomic mass is 79.9. The second kappa shape index (κ2) is 12.0. The van der Waals surface area contributed by atoms with Crippen molar-refractivity contribution >= 4 is 62.7 Å². The summed E-state index contributed by atoms with van der Waals surface area (Å²) in [7, 11) is 1.71. The Labute approximate surface area is 258 Å². The standard InChI is InChI=1S/C31H33BrClN3O4S/c1-4-15-34(3)28(38)24-25-29(39)36(23(18-37)19-9-7-6-8-10-19)27(31(25)17-22(32)26(24)41-31)30(40)35(16-5-2)21-13-11-20(33)12-14-21/h4-14,22-27,37H,1-2,15-18H2,3H3/t22?,23-,24-,25+,26-,27?,31?/m1/s1. The van der Waals surface area contributed by atoms with Crippen LogP contribution in [0.4, 0.5) is 5.69 Å². The lowest BCUT2D eigenvalue weighted by atomic mass is 9.70. The van der Waals surface area contributed by atoms with Gasteiger partial charge in [-0.1, -0.05) is 70.0 Å². The molecule has 0 saturated carbocycles. The predicted molar refractivity (Wildman–Crippen MR) is 167 cm³/mol. The number of carbonyl (C=O) groups excluding carboxylic acids is 3. The van der Waals surface area contributed by atoms with Crippen molar-refractivity contribution in [2.24, 2.45) is 11.8 Å². The molecule has 0 radical (unpaired) electrons. The molecule has 10 heteroatoms. The molecule has 2 aromatic carbocycles. The fraction of sp³-hybridized carbons (Fsp3) is 0.387. The van der Waals surface area contributed by atoms with Gasteiger partial charge in [-0.3, -0.25) is 14.4 Å². The van der Waals surface area contributed by atoms with Crippen LogP contribution in [-0.2, 0) is 14.4 Å². The maximum absolute atomic E-state index is 14.8. The van der Waals surface area contributed by atoms with E-state index in [2.05, 4.69) is 29.1 Å². The normalized spacial score (nSPS) is 28.7. The summed E-state index contributed by atoms with van der Waals surface area (Å²) in [6.45, 7) is 7.83. The van der Waals surface area contributed by atoms with Gasteiger partial charge in [0, 0.05) is 40.9 Å². The number of benzene rings is 2. The number of aliphatic hydroxyl groups excluding tert-OH is 1. The summed E-state index contributed by atoms with van der Waals surface area (Å²) in [6.07, 6.45) is 3.84. The molecule has 216 valence electrons. The molecular weight excluding hydrogens is 626 g/mol. The van der Waals surface area contributed by atoms with Crippen LogP contribution in [0.2, 0.25) is 5.02 Å². The molecule has 1 N–H and O–H groups in total. The lowest BCUT2D eigenvalue weighted by Gasteiger charge is -2.40. The lowest BCUT2D eigenvalue weighted by Crippen LogP contribution is -2.56. The maximum Gasteiger partial charge on any atom is 0.251 e. The van der Waals surface area contributed by atoms with Gasteiger partial charge in [-0.15, -0.1) is 24.9 Å². The SMILES string of the molecule is C=CCN(C)C(=O)[C@H]1[C@@H]2SC3(CC2Br)C(C(=O)N(CC=C)c2ccc(Cl)cc2)N([C@H](CO)c2ccccc2)C(=O)[C@H]13. The van der Waals surface area contributed by atoms with Crippen LogP contribution in [0.1, 0.15) is 18.0 Å². The molecule has 3 fully saturated rings. The highest BCUT2D eigenvalue weighted by molar-refractivity contribution is 9.09. The minimum atomic E-state index is -0.925. The van der Waals surface area contributed by atoms with Crippen LogP contribution in [0, 0.1) is 11.8 Å². The molecule has 7 atom stereocenters. The average Bonchev–Trinajstić information content (AvgIpc) is 3.56. The van der Waals surface area contributed by atoms with E-state index < -0.39 is 28.7 Å². The predicted octanol–water partition coefficient (Wildman–Crippen LogP) is 4.70. The first-order chi connectivity index (χ1) is 19.7. The Morgan fingerprint density at radius 1 is 1.15 bits per heavy atom. The van der Waals surface area contributed by atoms with Crippen LogP contribution in [0.25, 0.3) is 0 Å². The van der Waals surface area contributed by atoms with Gasteiger partial charge in [0.1, 0.15) is 6.04 Å². The van der Waals surface area contributed by atoms with Gasteiger partial charge < -0.3 is 19.8 Å². The van der Waals surface area contributed by atoms with Crippen molar-refractivity contribution in [3.8, 4) is 0 Å². The number of likely N-dealkylation sites (N-methyl/N-ethyl adjacent to an activating group) is 1. The van der Waals surface area contributed by atoms with Crippen LogP contribution >= 0.6 is 39.3 Å². The van der Waals surface area contributed by atoms with Gasteiger partial charge in [-0.2, -0.15) is 0 Å². The number of nitrogens with zero attached hydrogens (tertiary/aromatic N) is 3. The zero-order valence-corrected chi connectivity index (χ0v) is 25.9. The average molecular weight is 659 g/mol. The number of hydrogen-bond donors (Lipinski definition) is 1. The molecule has 3 saturated heterocycles. The molecule has 5 rings (SSSR count). The largest absolute Gasteiger partial charge is 0.394 e. The molecule has 3 amide bonds. The summed E-state index contributed by atoms with van der Waals surface area (Å²) in [5.41, 5.74) is 1.35. The topological polar surface area (TPSA) is 81.2 Å². The minimum absolute atomic E-state index is 0.0643. The number of anilines is 1. The third-order valence-electron chi connectivity index (χ3n) is 8.43. The van der Waals surface area contributed by atoms with Gasteiger partial charge >= 0.3 is 0 Å². The van der Waals surface area contributed by atoms with Crippen LogP contribution in [0.15, 0.2) is 79.9 Å². The smallest absolute Gasteiger partial charge is 0.251 e. The Kier molecular flexibility index (Phi) is 8.71. The lowest BCUT2D eigenvalue weighted by molar-refractivity contribution is -0.144. The zero-order chi connectivity index (χ0) is 29.5. The van der Waals surface area contributed by atoms with Gasteiger partial charge in [-0.25, -0.2) is 0 Å². The van der Waals surface area contributed by atoms with E-state index >= 15 is 0 Å². The van der Waals surface area contributed by atoms with Gasteiger partial charge in [-0.05, 0) is 36.2 Å². The number of likely N-dealkylation sites (tertiary alicyclic amines) is 1. The number of thioether (sulfide) groups is 1. The Balaban J connectivity index is 1.66. The molecule has 1 spiro atoms. The van der Waals surface area contributed by atoms with E-state index in [0.29, 0.717) is 23.7 Å². The first kappa shape index (κ1) is 29.9. The van der Waals surface area contributed by atoms with Crippen molar-refractivity contribution in [1.82, 2.24) is 9.80 Å². The molecular formula is C31H33BrClN3O4S. The van der Waals surface area contributed by atoms with Crippen molar-refractivity contribution in [3.63, 3.8) is 0 Å². The molecule has 7 nitrogen and oxygen atoms in total. The second-order valence-electron chi connectivity index (χ2n) is 10.7. The number of rotatable bonds is 10. The van der Waals surface area contributed by atoms with E-state index in [1.165, 1.54) is 0 Å². The van der Waals surface area contributed by atoms with Gasteiger partial charge in [0.05, 0.1) is 29.2 Å². The highest BCUT2D eigenvalue weighted by Crippen LogP contribution is 2.68. The Hall–Kier alpha value is -2.59. The molecule has 3 aliphatic heterocycles. The summed E-state index contributed by atoms with van der Waals surface area (Å²) in [6, 6.07) is 14.5. The molecule has 2 bridgehead atoms. The highest BCUT2D eigenvalue weighted by Gasteiger charge is 2.76. The fourth-order valence-corrected chi connectivity index (χ4v) is 10.5. The van der Waals surface area contributed by atoms with Gasteiger partial charge in [0.2, 0.25) is 11.8 Å². The first-order valence-corrected chi connectivity index (χ1v) is 15.7. The fourth-order valence-electron chi connectivity index (χ4n) is 6.75. The molecule has 41 heavy (non-hydrogen) atoms. The van der Waals surface area contributed by atoms with Crippen LogP contribution in [-0.4, -0.2) is 80.2 Å². The third kappa shape index (κ3) is 4.94. The molecule has 0 aliphatic carbocycles. The van der Waals surface area contributed by atoms with Gasteiger partial charge in [0.15, 0.2) is 0 Å². The van der Waals surface area contributed by atoms with E-state index in [9.17, 15) is 19.5 Å². The van der Waals surface area contributed by atoms with Crippen LogP contribution in [0.3, 0.4) is 0 Å². The number of carbonyl (C=O) groups is 3. The number of halogens is 2. The number of hydrogen-bond acceptors (Lipinski definition) is 5. The van der Waals surface area contributed by atoms with Crippen molar-refractivity contribution in [2.75, 3.05) is 31.6 Å². The Morgan fingerprint density at radius 3 is 2.41 bits per heavy atom. The van der Waals surface area contributed by atoms with E-state index in [1.54, 1.807) is 69.9 Å². The summed E-state index contributed by atoms with van der Waals surface area (Å²) in [4.78, 5) is 48.0. The van der Waals surface area contributed by atoms with E-state index in [4.69, 9.17) is 11.6 Å². The molecule has 3 unspecified atom stereocenters. The zero-order valence-electron chi connectivity index (χ0n) is 22.7. The minimum Gasteiger partial charge on any atom is -0.394 e. The summed E-state index contributed by atoms with van der Waals surface area (Å²) >= 11 is 11.5. The van der Waals surface area contributed by atoms with Crippen molar-refractivity contribution in [2.45, 2.75) is 33.3 Å². The van der Waals surface area contributed by atoms with Crippen molar-refractivity contribution < 1.29 is 19.5 Å². The Morgan fingerprint density at radius 2 is 1.80 bits per heavy atom. The molecule has 2 aromatic rings.